The smallest absolute Gasteiger partial charge is 0.255 e. The van der Waals surface area contributed by atoms with Crippen molar-refractivity contribution in [2.45, 2.75) is 50.2 Å². The van der Waals surface area contributed by atoms with E-state index in [0.29, 0.717) is 24.9 Å². The molecule has 1 atom stereocenters. The summed E-state index contributed by atoms with van der Waals surface area (Å²) in [4.78, 5) is 40.8. The highest BCUT2D eigenvalue weighted by atomic mass is 16.2. The predicted molar refractivity (Wildman–Crippen MR) is 103 cm³/mol. The molecule has 0 spiro atoms. The van der Waals surface area contributed by atoms with E-state index in [9.17, 15) is 14.4 Å². The van der Waals surface area contributed by atoms with Gasteiger partial charge in [-0.2, -0.15) is 0 Å². The van der Waals surface area contributed by atoms with Crippen molar-refractivity contribution in [2.24, 2.45) is 0 Å². The minimum absolute atomic E-state index is 0.0793. The van der Waals surface area contributed by atoms with Gasteiger partial charge in [0, 0.05) is 37.7 Å². The summed E-state index contributed by atoms with van der Waals surface area (Å²) in [5.74, 6) is -0.191. The number of hydrogen-bond acceptors (Lipinski definition) is 5. The number of hydrogen-bond donors (Lipinski definition) is 2. The lowest BCUT2D eigenvalue weighted by molar-refractivity contribution is -0.136. The molecule has 1 aromatic rings. The molecule has 28 heavy (non-hydrogen) atoms. The number of likely N-dealkylation sites (tertiary alicyclic amines) is 1. The van der Waals surface area contributed by atoms with Gasteiger partial charge in [-0.3, -0.25) is 24.6 Å². The average Bonchev–Trinajstić information content (AvgIpc) is 2.97. The molecule has 3 fully saturated rings. The lowest BCUT2D eigenvalue weighted by Crippen LogP contribution is -2.58. The summed E-state index contributed by atoms with van der Waals surface area (Å²) < 4.78 is 0. The molecule has 3 amide bonds. The average molecular weight is 382 g/mol. The number of nitrogens with one attached hydrogen (secondary N) is 2. The Morgan fingerprint density at radius 1 is 1.00 bits per heavy atom. The van der Waals surface area contributed by atoms with Crippen molar-refractivity contribution < 1.29 is 14.4 Å². The van der Waals surface area contributed by atoms with E-state index in [1.807, 2.05) is 0 Å². The highest BCUT2D eigenvalue weighted by Crippen LogP contribution is 2.34. The van der Waals surface area contributed by atoms with Gasteiger partial charge in [-0.25, -0.2) is 0 Å². The van der Waals surface area contributed by atoms with E-state index in [2.05, 4.69) is 33.7 Å². The molecule has 0 saturated carbocycles. The fraction of sp³-hybridized carbons (Fsp3) is 0.571. The lowest BCUT2D eigenvalue weighted by Gasteiger charge is -2.42. The van der Waals surface area contributed by atoms with Gasteiger partial charge < -0.3 is 10.2 Å². The Balaban J connectivity index is 1.28. The topological polar surface area (TPSA) is 81.8 Å². The van der Waals surface area contributed by atoms with Gasteiger partial charge in [0.25, 0.3) is 5.91 Å². The number of nitrogens with zero attached hydrogens (tertiary/aromatic N) is 2. The maximum Gasteiger partial charge on any atom is 0.255 e. The van der Waals surface area contributed by atoms with Crippen LogP contribution in [0, 0.1) is 0 Å². The molecule has 4 heterocycles. The monoisotopic (exact) mass is 382 g/mol. The van der Waals surface area contributed by atoms with E-state index in [-0.39, 0.29) is 24.1 Å². The standard InChI is InChI=1S/C21H26N4O3/c26-19-4-3-18(20(27)23-19)25-12-15-2-1-14(9-17(15)21(25)28)13-5-7-24(8-6-13)16-10-22-11-16/h1-2,9,13,16,18,22H,3-8,10-12H2,(H,23,26,27). The first-order valence-electron chi connectivity index (χ1n) is 10.3. The van der Waals surface area contributed by atoms with Crippen molar-refractivity contribution in [1.82, 2.24) is 20.4 Å². The zero-order valence-corrected chi connectivity index (χ0v) is 15.9. The fourth-order valence-electron chi connectivity index (χ4n) is 4.96. The molecule has 0 aliphatic carbocycles. The van der Waals surface area contributed by atoms with Crippen molar-refractivity contribution in [2.75, 3.05) is 26.2 Å². The zero-order valence-electron chi connectivity index (χ0n) is 15.9. The van der Waals surface area contributed by atoms with Gasteiger partial charge in [0.2, 0.25) is 11.8 Å². The Morgan fingerprint density at radius 2 is 1.79 bits per heavy atom. The number of piperidine rings is 2. The van der Waals surface area contributed by atoms with Crippen molar-refractivity contribution in [1.29, 1.82) is 0 Å². The van der Waals surface area contributed by atoms with Gasteiger partial charge >= 0.3 is 0 Å². The molecule has 148 valence electrons. The minimum atomic E-state index is -0.541. The molecule has 3 saturated heterocycles. The van der Waals surface area contributed by atoms with Crippen molar-refractivity contribution in [3.05, 3.63) is 34.9 Å². The fourth-order valence-corrected chi connectivity index (χ4v) is 4.96. The summed E-state index contributed by atoms with van der Waals surface area (Å²) in [6.07, 6.45) is 2.95. The quantitative estimate of drug-likeness (QED) is 0.749. The first-order chi connectivity index (χ1) is 13.6. The summed E-state index contributed by atoms with van der Waals surface area (Å²) >= 11 is 0. The van der Waals surface area contributed by atoms with Crippen molar-refractivity contribution >= 4 is 17.7 Å². The van der Waals surface area contributed by atoms with Crippen LogP contribution in [0.25, 0.3) is 0 Å². The van der Waals surface area contributed by atoms with Gasteiger partial charge in [0.1, 0.15) is 6.04 Å². The molecule has 7 nitrogen and oxygen atoms in total. The summed E-state index contributed by atoms with van der Waals surface area (Å²) in [5.41, 5.74) is 2.95. The predicted octanol–water partition coefficient (Wildman–Crippen LogP) is 0.599. The second-order valence-corrected chi connectivity index (χ2v) is 8.44. The van der Waals surface area contributed by atoms with Crippen LogP contribution < -0.4 is 10.6 Å². The number of rotatable bonds is 3. The van der Waals surface area contributed by atoms with Crippen LogP contribution in [0.5, 0.6) is 0 Å². The minimum Gasteiger partial charge on any atom is -0.322 e. The summed E-state index contributed by atoms with van der Waals surface area (Å²) in [6, 6.07) is 6.42. The molecular weight excluding hydrogens is 356 g/mol. The van der Waals surface area contributed by atoms with Crippen LogP contribution in [0.15, 0.2) is 18.2 Å². The molecule has 4 aliphatic heterocycles. The number of benzene rings is 1. The number of carbonyl (C=O) groups is 3. The highest BCUT2D eigenvalue weighted by Gasteiger charge is 2.39. The molecular formula is C21H26N4O3. The maximum atomic E-state index is 13.0. The SMILES string of the molecule is O=C1CCC(N2Cc3ccc(C4CCN(C5CNC5)CC4)cc3C2=O)C(=O)N1. The molecule has 1 aromatic carbocycles. The van der Waals surface area contributed by atoms with Crippen LogP contribution in [0.1, 0.15) is 53.1 Å². The van der Waals surface area contributed by atoms with Crippen LogP contribution in [-0.4, -0.2) is 65.8 Å². The van der Waals surface area contributed by atoms with Crippen LogP contribution in [0.2, 0.25) is 0 Å². The van der Waals surface area contributed by atoms with Gasteiger partial charge in [-0.1, -0.05) is 12.1 Å². The number of imide groups is 1. The first kappa shape index (κ1) is 17.8. The van der Waals surface area contributed by atoms with Crippen LogP contribution >= 0.6 is 0 Å². The molecule has 0 aromatic heterocycles. The third-order valence-corrected chi connectivity index (χ3v) is 6.83. The van der Waals surface area contributed by atoms with E-state index in [1.165, 1.54) is 5.56 Å². The summed E-state index contributed by atoms with van der Waals surface area (Å²) in [5, 5.41) is 5.70. The number of carbonyl (C=O) groups excluding carboxylic acids is 3. The molecule has 7 heteroatoms. The molecule has 0 radical (unpaired) electrons. The van der Waals surface area contributed by atoms with E-state index in [4.69, 9.17) is 0 Å². The third-order valence-electron chi connectivity index (χ3n) is 6.83. The van der Waals surface area contributed by atoms with Crippen molar-refractivity contribution in [3.63, 3.8) is 0 Å². The summed E-state index contributed by atoms with van der Waals surface area (Å²) in [7, 11) is 0. The van der Waals surface area contributed by atoms with E-state index in [0.717, 1.165) is 50.1 Å². The lowest BCUT2D eigenvalue weighted by atomic mass is 9.87. The second kappa shape index (κ2) is 6.97. The maximum absolute atomic E-state index is 13.0. The number of amides is 3. The zero-order chi connectivity index (χ0) is 19.3. The van der Waals surface area contributed by atoms with Crippen molar-refractivity contribution in [3.8, 4) is 0 Å². The largest absolute Gasteiger partial charge is 0.322 e. The molecule has 2 N–H and O–H groups in total. The van der Waals surface area contributed by atoms with Crippen LogP contribution in [0.4, 0.5) is 0 Å². The van der Waals surface area contributed by atoms with E-state index in [1.54, 1.807) is 4.90 Å². The van der Waals surface area contributed by atoms with E-state index < -0.39 is 6.04 Å². The van der Waals surface area contributed by atoms with Gasteiger partial charge in [-0.15, -0.1) is 0 Å². The van der Waals surface area contributed by atoms with Gasteiger partial charge in [0.05, 0.1) is 0 Å². The first-order valence-corrected chi connectivity index (χ1v) is 10.3. The van der Waals surface area contributed by atoms with Gasteiger partial charge in [-0.05, 0) is 55.5 Å². The number of fused-ring (bicyclic) bond motifs is 1. The Kier molecular flexibility index (Phi) is 4.44. The van der Waals surface area contributed by atoms with Gasteiger partial charge in [0.15, 0.2) is 0 Å². The normalized spacial score (nSPS) is 26.9. The Labute approximate surface area is 164 Å². The molecule has 0 bridgehead atoms. The second-order valence-electron chi connectivity index (χ2n) is 8.44. The van der Waals surface area contributed by atoms with E-state index >= 15 is 0 Å². The third kappa shape index (κ3) is 3.02. The Morgan fingerprint density at radius 3 is 2.46 bits per heavy atom. The summed E-state index contributed by atoms with van der Waals surface area (Å²) in [6.45, 7) is 4.89. The molecule has 5 rings (SSSR count). The molecule has 4 aliphatic rings. The Bertz CT molecular complexity index is 827. The Hall–Kier alpha value is -2.25. The highest BCUT2D eigenvalue weighted by molar-refractivity contribution is 6.05. The van der Waals surface area contributed by atoms with Crippen LogP contribution in [-0.2, 0) is 16.1 Å². The van der Waals surface area contributed by atoms with Crippen LogP contribution in [0.3, 0.4) is 0 Å². The molecule has 1 unspecified atom stereocenters.